The van der Waals surface area contributed by atoms with Crippen LogP contribution in [0.15, 0.2) is 36.0 Å². The third-order valence-electron chi connectivity index (χ3n) is 3.40. The van der Waals surface area contributed by atoms with Crippen molar-refractivity contribution in [3.8, 4) is 5.75 Å². The predicted octanol–water partition coefficient (Wildman–Crippen LogP) is 2.99. The van der Waals surface area contributed by atoms with Crippen LogP contribution in [0.5, 0.6) is 5.75 Å². The molecule has 1 atom stereocenters. The summed E-state index contributed by atoms with van der Waals surface area (Å²) in [5.41, 5.74) is -0.540. The molecule has 21 heavy (non-hydrogen) atoms. The van der Waals surface area contributed by atoms with E-state index in [-0.39, 0.29) is 12.0 Å². The van der Waals surface area contributed by atoms with Crippen molar-refractivity contribution in [2.45, 2.75) is 18.9 Å². The molecule has 0 amide bonds. The number of fused-ring (bicyclic) bond motifs is 1. The van der Waals surface area contributed by atoms with Gasteiger partial charge < -0.3 is 9.84 Å². The first-order chi connectivity index (χ1) is 10.0. The van der Waals surface area contributed by atoms with E-state index in [9.17, 15) is 9.50 Å². The number of nitrogens with zero attached hydrogens (tertiary/aromatic N) is 2. The molecule has 1 unspecified atom stereocenters. The summed E-state index contributed by atoms with van der Waals surface area (Å²) in [4.78, 5) is 5.28. The van der Waals surface area contributed by atoms with Gasteiger partial charge in [0.2, 0.25) is 0 Å². The summed E-state index contributed by atoms with van der Waals surface area (Å²) >= 11 is 1.51. The van der Waals surface area contributed by atoms with Crippen molar-refractivity contribution in [1.82, 2.24) is 9.38 Å². The van der Waals surface area contributed by atoms with E-state index >= 15 is 0 Å². The number of aliphatic hydroxyl groups is 1. The molecule has 0 fully saturated rings. The molecule has 0 radical (unpaired) electrons. The predicted molar refractivity (Wildman–Crippen MR) is 79.3 cm³/mol. The van der Waals surface area contributed by atoms with Gasteiger partial charge in [0.15, 0.2) is 4.96 Å². The fraction of sp³-hybridized carbons (Fsp3) is 0.267. The van der Waals surface area contributed by atoms with Crippen molar-refractivity contribution in [2.24, 2.45) is 0 Å². The van der Waals surface area contributed by atoms with E-state index in [1.54, 1.807) is 19.1 Å². The molecule has 2 aromatic heterocycles. The average molecular weight is 306 g/mol. The van der Waals surface area contributed by atoms with Gasteiger partial charge in [-0.2, -0.15) is 0 Å². The van der Waals surface area contributed by atoms with Gasteiger partial charge in [-0.1, -0.05) is 6.07 Å². The van der Waals surface area contributed by atoms with Crippen LogP contribution < -0.4 is 4.74 Å². The summed E-state index contributed by atoms with van der Waals surface area (Å²) in [6, 6.07) is 4.51. The minimum atomic E-state index is -1.40. The number of aromatic nitrogens is 2. The van der Waals surface area contributed by atoms with Gasteiger partial charge in [0.05, 0.1) is 24.0 Å². The second-order valence-electron chi connectivity index (χ2n) is 5.09. The van der Waals surface area contributed by atoms with Crippen LogP contribution in [-0.4, -0.2) is 21.6 Å². The van der Waals surface area contributed by atoms with E-state index in [1.807, 2.05) is 22.2 Å². The Morgan fingerprint density at radius 3 is 3.00 bits per heavy atom. The molecule has 0 saturated heterocycles. The monoisotopic (exact) mass is 306 g/mol. The Bertz CT molecular complexity index is 750. The topological polar surface area (TPSA) is 46.8 Å². The molecular formula is C15H15FN2O2S. The van der Waals surface area contributed by atoms with E-state index in [1.165, 1.54) is 24.5 Å². The van der Waals surface area contributed by atoms with Crippen LogP contribution in [0.1, 0.15) is 18.2 Å². The molecule has 3 rings (SSSR count). The minimum absolute atomic E-state index is 0.156. The lowest BCUT2D eigenvalue weighted by Gasteiger charge is -2.25. The van der Waals surface area contributed by atoms with E-state index in [2.05, 4.69) is 4.98 Å². The third kappa shape index (κ3) is 2.52. The first-order valence-electron chi connectivity index (χ1n) is 6.48. The normalized spacial score (nSPS) is 14.3. The van der Waals surface area contributed by atoms with Gasteiger partial charge in [0, 0.05) is 24.2 Å². The van der Waals surface area contributed by atoms with Crippen LogP contribution >= 0.6 is 11.3 Å². The van der Waals surface area contributed by atoms with Gasteiger partial charge in [0.1, 0.15) is 11.6 Å². The molecule has 0 bridgehead atoms. The SMILES string of the molecule is COc1cccc(F)c1C(C)(O)Cc1cn2ccsc2n1. The van der Waals surface area contributed by atoms with Gasteiger partial charge in [-0.15, -0.1) is 11.3 Å². The zero-order valence-corrected chi connectivity index (χ0v) is 12.5. The maximum atomic E-state index is 14.1. The fourth-order valence-corrected chi connectivity index (χ4v) is 3.22. The molecule has 0 saturated carbocycles. The van der Waals surface area contributed by atoms with Crippen molar-refractivity contribution in [1.29, 1.82) is 0 Å². The molecule has 1 N–H and O–H groups in total. The number of hydrogen-bond donors (Lipinski definition) is 1. The number of methoxy groups -OCH3 is 1. The van der Waals surface area contributed by atoms with Crippen molar-refractivity contribution in [3.05, 3.63) is 53.0 Å². The highest BCUT2D eigenvalue weighted by atomic mass is 32.1. The summed E-state index contributed by atoms with van der Waals surface area (Å²) in [5, 5.41) is 12.7. The number of hydrogen-bond acceptors (Lipinski definition) is 4. The molecular weight excluding hydrogens is 291 g/mol. The molecule has 0 aliphatic heterocycles. The summed E-state index contributed by atoms with van der Waals surface area (Å²) in [7, 11) is 1.46. The number of imidazole rings is 1. The molecule has 2 heterocycles. The molecule has 0 spiro atoms. The fourth-order valence-electron chi connectivity index (χ4n) is 2.50. The summed E-state index contributed by atoms with van der Waals surface area (Å²) in [6.45, 7) is 1.57. The highest BCUT2D eigenvalue weighted by molar-refractivity contribution is 7.15. The van der Waals surface area contributed by atoms with E-state index < -0.39 is 11.4 Å². The Balaban J connectivity index is 1.98. The zero-order valence-electron chi connectivity index (χ0n) is 11.7. The summed E-state index contributed by atoms with van der Waals surface area (Å²) in [5.74, 6) is -0.151. The van der Waals surface area contributed by atoms with Crippen molar-refractivity contribution in [2.75, 3.05) is 7.11 Å². The van der Waals surface area contributed by atoms with E-state index in [0.29, 0.717) is 11.4 Å². The molecule has 3 aromatic rings. The number of ether oxygens (including phenoxy) is 1. The second-order valence-corrected chi connectivity index (χ2v) is 5.97. The average Bonchev–Trinajstić information content (AvgIpc) is 2.98. The van der Waals surface area contributed by atoms with E-state index in [0.717, 1.165) is 4.96 Å². The van der Waals surface area contributed by atoms with Gasteiger partial charge in [-0.25, -0.2) is 9.37 Å². The van der Waals surface area contributed by atoms with Crippen LogP contribution in [-0.2, 0) is 12.0 Å². The van der Waals surface area contributed by atoms with Crippen LogP contribution in [0.4, 0.5) is 4.39 Å². The third-order valence-corrected chi connectivity index (χ3v) is 4.17. The first kappa shape index (κ1) is 14.0. The van der Waals surface area contributed by atoms with Gasteiger partial charge in [0.25, 0.3) is 0 Å². The maximum absolute atomic E-state index is 14.1. The second kappa shape index (κ2) is 5.13. The Kier molecular flexibility index (Phi) is 3.43. The lowest BCUT2D eigenvalue weighted by Crippen LogP contribution is -2.26. The number of rotatable bonds is 4. The van der Waals surface area contributed by atoms with Crippen molar-refractivity contribution in [3.63, 3.8) is 0 Å². The lowest BCUT2D eigenvalue weighted by atomic mass is 9.90. The largest absolute Gasteiger partial charge is 0.496 e. The first-order valence-corrected chi connectivity index (χ1v) is 7.35. The standard InChI is InChI=1S/C15H15FN2O2S/c1-15(19,13-11(16)4-3-5-12(13)20-2)8-10-9-18-6-7-21-14(18)17-10/h3-7,9,19H,8H2,1-2H3. The van der Waals surface area contributed by atoms with E-state index in [4.69, 9.17) is 4.74 Å². The van der Waals surface area contributed by atoms with Crippen LogP contribution in [0, 0.1) is 5.82 Å². The smallest absolute Gasteiger partial charge is 0.193 e. The lowest BCUT2D eigenvalue weighted by molar-refractivity contribution is 0.0501. The molecule has 0 aliphatic rings. The van der Waals surface area contributed by atoms with Crippen LogP contribution in [0.25, 0.3) is 4.96 Å². The highest BCUT2D eigenvalue weighted by Gasteiger charge is 2.31. The van der Waals surface area contributed by atoms with Crippen molar-refractivity contribution < 1.29 is 14.2 Å². The molecule has 6 heteroatoms. The Labute approximate surface area is 125 Å². The van der Waals surface area contributed by atoms with Gasteiger partial charge in [-0.3, -0.25) is 4.40 Å². The minimum Gasteiger partial charge on any atom is -0.496 e. The molecule has 4 nitrogen and oxygen atoms in total. The van der Waals surface area contributed by atoms with Crippen molar-refractivity contribution >= 4 is 16.3 Å². The number of benzene rings is 1. The molecule has 1 aromatic carbocycles. The quantitative estimate of drug-likeness (QED) is 0.806. The van der Waals surface area contributed by atoms with Gasteiger partial charge in [-0.05, 0) is 19.1 Å². The Morgan fingerprint density at radius 2 is 2.29 bits per heavy atom. The summed E-state index contributed by atoms with van der Waals surface area (Å²) in [6.07, 6.45) is 3.95. The zero-order chi connectivity index (χ0) is 15.0. The highest BCUT2D eigenvalue weighted by Crippen LogP contribution is 2.34. The summed E-state index contributed by atoms with van der Waals surface area (Å²) < 4.78 is 21.2. The number of halogens is 1. The van der Waals surface area contributed by atoms with Crippen LogP contribution in [0.3, 0.4) is 0 Å². The van der Waals surface area contributed by atoms with Gasteiger partial charge >= 0.3 is 0 Å². The Hall–Kier alpha value is -1.92. The molecule has 110 valence electrons. The van der Waals surface area contributed by atoms with Crippen LogP contribution in [0.2, 0.25) is 0 Å². The maximum Gasteiger partial charge on any atom is 0.193 e. The number of thiazole rings is 1. The Morgan fingerprint density at radius 1 is 1.48 bits per heavy atom. The molecule has 0 aliphatic carbocycles.